The molecule has 1 fully saturated rings. The van der Waals surface area contributed by atoms with Crippen LogP contribution >= 0.6 is 15.9 Å². The Morgan fingerprint density at radius 2 is 1.33 bits per heavy atom. The smallest absolute Gasteiger partial charge is 0.343 e. The van der Waals surface area contributed by atoms with Crippen LogP contribution in [0.2, 0.25) is 0 Å². The summed E-state index contributed by atoms with van der Waals surface area (Å²) < 4.78 is 12.9. The van der Waals surface area contributed by atoms with Crippen molar-refractivity contribution in [1.29, 1.82) is 0 Å². The van der Waals surface area contributed by atoms with E-state index in [0.717, 1.165) is 31.7 Å². The Hall–Kier alpha value is -5.21. The number of nitrogens with zero attached hydrogens (tertiary/aromatic N) is 2. The predicted molar refractivity (Wildman–Crippen MR) is 180 cm³/mol. The monoisotopic (exact) mass is 660 g/mol. The molecule has 0 N–H and O–H groups in total. The number of barbiturate groups is 1. The highest BCUT2D eigenvalue weighted by Crippen LogP contribution is 2.39. The van der Waals surface area contributed by atoms with Crippen molar-refractivity contribution in [3.63, 3.8) is 0 Å². The minimum atomic E-state index is -0.747. The lowest BCUT2D eigenvalue weighted by Gasteiger charge is -2.34. The number of para-hydroxylation sites is 2. The van der Waals surface area contributed by atoms with Gasteiger partial charge in [0.1, 0.15) is 12.2 Å². The van der Waals surface area contributed by atoms with E-state index in [0.29, 0.717) is 46.1 Å². The molecule has 224 valence electrons. The molecule has 1 aliphatic rings. The average Bonchev–Trinajstić information content (AvgIpc) is 3.05. The molecule has 5 aromatic carbocycles. The summed E-state index contributed by atoms with van der Waals surface area (Å²) in [5, 5.41) is 2.24. The lowest BCUT2D eigenvalue weighted by Crippen LogP contribution is -2.57. The number of imide groups is 2. The number of anilines is 2. The van der Waals surface area contributed by atoms with Crippen LogP contribution in [-0.4, -0.2) is 24.5 Å². The number of ether oxygens (including phenoxy) is 2. The van der Waals surface area contributed by atoms with Crippen LogP contribution in [0.1, 0.15) is 23.6 Å². The van der Waals surface area contributed by atoms with Crippen LogP contribution in [0, 0.1) is 6.92 Å². The molecule has 0 radical (unpaired) electrons. The van der Waals surface area contributed by atoms with Gasteiger partial charge in [-0.25, -0.2) is 14.6 Å². The van der Waals surface area contributed by atoms with Gasteiger partial charge in [0, 0.05) is 5.56 Å². The van der Waals surface area contributed by atoms with E-state index in [1.54, 1.807) is 72.8 Å². The molecular weight excluding hydrogens is 632 g/mol. The molecule has 0 unspecified atom stereocenters. The maximum Gasteiger partial charge on any atom is 0.343 e. The summed E-state index contributed by atoms with van der Waals surface area (Å²) in [5.74, 6) is -0.490. The van der Waals surface area contributed by atoms with Gasteiger partial charge in [0.2, 0.25) is 0 Å². The summed E-state index contributed by atoms with van der Waals surface area (Å²) in [7, 11) is 0. The van der Waals surface area contributed by atoms with Crippen molar-refractivity contribution >= 4 is 62.0 Å². The molecule has 1 heterocycles. The van der Waals surface area contributed by atoms with Gasteiger partial charge < -0.3 is 9.47 Å². The number of carbonyl (C=O) groups excluding carboxylic acids is 3. The molecule has 0 aromatic heterocycles. The number of benzene rings is 5. The van der Waals surface area contributed by atoms with Gasteiger partial charge >= 0.3 is 6.03 Å². The minimum absolute atomic E-state index is 0.170. The second-order valence-corrected chi connectivity index (χ2v) is 11.3. The van der Waals surface area contributed by atoms with Crippen molar-refractivity contribution in [2.75, 3.05) is 16.4 Å². The van der Waals surface area contributed by atoms with Crippen LogP contribution < -0.4 is 19.3 Å². The molecule has 0 aliphatic carbocycles. The van der Waals surface area contributed by atoms with Gasteiger partial charge in [-0.05, 0) is 94.2 Å². The summed E-state index contributed by atoms with van der Waals surface area (Å²) in [4.78, 5) is 43.3. The zero-order valence-corrected chi connectivity index (χ0v) is 26.3. The van der Waals surface area contributed by atoms with Crippen molar-refractivity contribution in [2.45, 2.75) is 20.5 Å². The third-order valence-corrected chi connectivity index (χ3v) is 8.15. The van der Waals surface area contributed by atoms with Gasteiger partial charge in [-0.15, -0.1) is 0 Å². The maximum absolute atomic E-state index is 13.8. The van der Waals surface area contributed by atoms with E-state index in [9.17, 15) is 14.4 Å². The second-order valence-electron chi connectivity index (χ2n) is 10.4. The van der Waals surface area contributed by atoms with Crippen LogP contribution in [0.5, 0.6) is 11.5 Å². The topological polar surface area (TPSA) is 76.2 Å². The third-order valence-electron chi connectivity index (χ3n) is 7.56. The van der Waals surface area contributed by atoms with Crippen molar-refractivity contribution in [3.8, 4) is 11.5 Å². The molecule has 4 amide bonds. The minimum Gasteiger partial charge on any atom is -0.490 e. The quantitative estimate of drug-likeness (QED) is 0.123. The van der Waals surface area contributed by atoms with E-state index in [-0.39, 0.29) is 5.57 Å². The summed E-state index contributed by atoms with van der Waals surface area (Å²) in [6, 6.07) is 32.2. The van der Waals surface area contributed by atoms with Crippen molar-refractivity contribution in [2.24, 2.45) is 0 Å². The van der Waals surface area contributed by atoms with E-state index in [1.165, 1.54) is 6.08 Å². The van der Waals surface area contributed by atoms with Crippen molar-refractivity contribution in [3.05, 3.63) is 136 Å². The van der Waals surface area contributed by atoms with Gasteiger partial charge in [-0.3, -0.25) is 9.59 Å². The molecule has 0 spiro atoms. The molecule has 1 saturated heterocycles. The standard InChI is InChI=1S/C37H29BrN2O5/c1-3-44-33-22-25(21-32(38)34(33)45-23-31-24(2)18-19-26-12-10-11-17-29(26)31)20-30-35(41)39(27-13-6-4-7-14-27)37(43)40(36(30)42)28-15-8-5-9-16-28/h4-22H,3,23H2,1-2H3. The van der Waals surface area contributed by atoms with Gasteiger partial charge in [-0.2, -0.15) is 0 Å². The number of fused-ring (bicyclic) bond motifs is 1. The van der Waals surface area contributed by atoms with Gasteiger partial charge in [-0.1, -0.05) is 72.8 Å². The Morgan fingerprint density at radius 1 is 0.733 bits per heavy atom. The Bertz CT molecular complexity index is 1890. The summed E-state index contributed by atoms with van der Waals surface area (Å²) in [6.45, 7) is 4.60. The lowest BCUT2D eigenvalue weighted by molar-refractivity contribution is -0.121. The Kier molecular flexibility index (Phi) is 8.49. The Labute approximate surface area is 269 Å². The van der Waals surface area contributed by atoms with Crippen molar-refractivity contribution in [1.82, 2.24) is 0 Å². The molecule has 0 atom stereocenters. The zero-order chi connectivity index (χ0) is 31.5. The number of halogens is 1. The number of rotatable bonds is 8. The number of carbonyl (C=O) groups is 3. The molecule has 7 nitrogen and oxygen atoms in total. The van der Waals surface area contributed by atoms with Gasteiger partial charge in [0.15, 0.2) is 11.5 Å². The molecule has 0 bridgehead atoms. The van der Waals surface area contributed by atoms with E-state index in [1.807, 2.05) is 19.1 Å². The summed E-state index contributed by atoms with van der Waals surface area (Å²) in [5.41, 5.74) is 3.24. The maximum atomic E-state index is 13.8. The zero-order valence-electron chi connectivity index (χ0n) is 24.7. The molecule has 1 aliphatic heterocycles. The summed E-state index contributed by atoms with van der Waals surface area (Å²) in [6.07, 6.45) is 1.48. The highest BCUT2D eigenvalue weighted by atomic mass is 79.9. The molecule has 0 saturated carbocycles. The van der Waals surface area contributed by atoms with Crippen LogP contribution in [0.4, 0.5) is 16.2 Å². The fourth-order valence-corrected chi connectivity index (χ4v) is 5.94. The number of hydrogen-bond acceptors (Lipinski definition) is 5. The number of amides is 4. The van der Waals surface area contributed by atoms with E-state index >= 15 is 0 Å². The first-order valence-electron chi connectivity index (χ1n) is 14.5. The number of hydrogen-bond donors (Lipinski definition) is 0. The van der Waals surface area contributed by atoms with Gasteiger partial charge in [0.05, 0.1) is 22.5 Å². The number of aryl methyl sites for hydroxylation is 1. The molecule has 6 rings (SSSR count). The second kappa shape index (κ2) is 12.8. The Morgan fingerprint density at radius 3 is 1.96 bits per heavy atom. The SMILES string of the molecule is CCOc1cc(C=C2C(=O)N(c3ccccc3)C(=O)N(c3ccccc3)C2=O)cc(Br)c1OCc1c(C)ccc2ccccc12. The normalized spacial score (nSPS) is 13.4. The fourth-order valence-electron chi connectivity index (χ4n) is 5.36. The van der Waals surface area contributed by atoms with Crippen LogP contribution in [0.15, 0.2) is 119 Å². The molecule has 5 aromatic rings. The van der Waals surface area contributed by atoms with Crippen LogP contribution in [-0.2, 0) is 16.2 Å². The molecule has 45 heavy (non-hydrogen) atoms. The lowest BCUT2D eigenvalue weighted by atomic mass is 10.0. The van der Waals surface area contributed by atoms with Crippen molar-refractivity contribution < 1.29 is 23.9 Å². The van der Waals surface area contributed by atoms with E-state index in [2.05, 4.69) is 47.1 Å². The first-order valence-corrected chi connectivity index (χ1v) is 15.3. The van der Waals surface area contributed by atoms with E-state index in [4.69, 9.17) is 9.47 Å². The molecule has 8 heteroatoms. The highest BCUT2D eigenvalue weighted by Gasteiger charge is 2.43. The predicted octanol–water partition coefficient (Wildman–Crippen LogP) is 8.47. The highest BCUT2D eigenvalue weighted by molar-refractivity contribution is 9.10. The Balaban J connectivity index is 1.39. The fraction of sp³-hybridized carbons (Fsp3) is 0.108. The van der Waals surface area contributed by atoms with E-state index < -0.39 is 17.8 Å². The average molecular weight is 662 g/mol. The first kappa shape index (κ1) is 29.8. The van der Waals surface area contributed by atoms with Crippen LogP contribution in [0.3, 0.4) is 0 Å². The first-order chi connectivity index (χ1) is 21.9. The molecular formula is C37H29BrN2O5. The van der Waals surface area contributed by atoms with Crippen LogP contribution in [0.25, 0.3) is 16.8 Å². The summed E-state index contributed by atoms with van der Waals surface area (Å²) >= 11 is 3.63. The van der Waals surface area contributed by atoms with Gasteiger partial charge in [0.25, 0.3) is 11.8 Å². The number of urea groups is 1. The largest absolute Gasteiger partial charge is 0.490 e. The third kappa shape index (κ3) is 5.84.